The Hall–Kier alpha value is -1.95. The average molecular weight is 389 g/mol. The Morgan fingerprint density at radius 3 is 2.42 bits per heavy atom. The van der Waals surface area contributed by atoms with Crippen LogP contribution >= 0.6 is 34.8 Å². The van der Waals surface area contributed by atoms with E-state index in [0.29, 0.717) is 5.69 Å². The van der Waals surface area contributed by atoms with Crippen molar-refractivity contribution in [1.29, 1.82) is 0 Å². The van der Waals surface area contributed by atoms with Crippen LogP contribution < -0.4 is 10.1 Å². The van der Waals surface area contributed by atoms with E-state index >= 15 is 0 Å². The monoisotopic (exact) mass is 387 g/mol. The van der Waals surface area contributed by atoms with Crippen LogP contribution in [0, 0.1) is 0 Å². The number of rotatable bonds is 5. The van der Waals surface area contributed by atoms with Gasteiger partial charge in [-0.2, -0.15) is 0 Å². The maximum atomic E-state index is 12.0. The van der Waals surface area contributed by atoms with Crippen molar-refractivity contribution in [3.63, 3.8) is 0 Å². The molecule has 0 atom stereocenters. The second-order valence-corrected chi connectivity index (χ2v) is 5.79. The van der Waals surface area contributed by atoms with Gasteiger partial charge < -0.3 is 14.8 Å². The van der Waals surface area contributed by atoms with E-state index in [9.17, 15) is 9.59 Å². The molecular weight excluding hydrogens is 377 g/mol. The molecule has 2 rings (SSSR count). The van der Waals surface area contributed by atoms with E-state index in [-0.39, 0.29) is 33.0 Å². The molecule has 2 aromatic carbocycles. The number of esters is 1. The Morgan fingerprint density at radius 1 is 1.04 bits per heavy atom. The molecule has 0 fully saturated rings. The van der Waals surface area contributed by atoms with Crippen molar-refractivity contribution in [3.8, 4) is 5.75 Å². The topological polar surface area (TPSA) is 64.6 Å². The number of halogens is 3. The fraction of sp³-hybridized carbons (Fsp3) is 0.125. The average Bonchev–Trinajstić information content (AvgIpc) is 2.57. The van der Waals surface area contributed by atoms with Gasteiger partial charge >= 0.3 is 5.97 Å². The Bertz CT molecular complexity index is 780. The minimum absolute atomic E-state index is 0.223. The Labute approximate surface area is 153 Å². The van der Waals surface area contributed by atoms with Gasteiger partial charge in [0.15, 0.2) is 6.61 Å². The molecule has 0 spiro atoms. The predicted octanol–water partition coefficient (Wildman–Crippen LogP) is 4.45. The first kappa shape index (κ1) is 18.4. The van der Waals surface area contributed by atoms with Crippen LogP contribution in [0.4, 0.5) is 5.69 Å². The zero-order valence-corrected chi connectivity index (χ0v) is 14.7. The highest BCUT2D eigenvalue weighted by Gasteiger charge is 2.14. The van der Waals surface area contributed by atoms with E-state index in [1.165, 1.54) is 25.3 Å². The molecule has 8 heteroatoms. The smallest absolute Gasteiger partial charge is 0.341 e. The summed E-state index contributed by atoms with van der Waals surface area (Å²) in [5, 5.41) is 3.34. The molecule has 1 amide bonds. The standard InChI is InChI=1S/C16H12Cl3NO4/c1-23-16(22)9-4-2-3-5-14(9)24-8-15(21)20-13-7-11(18)10(17)6-12(13)19/h2-7H,8H2,1H3,(H,20,21). The van der Waals surface area contributed by atoms with E-state index in [1.807, 2.05) is 0 Å². The summed E-state index contributed by atoms with van der Waals surface area (Å²) < 4.78 is 10.0. The summed E-state index contributed by atoms with van der Waals surface area (Å²) in [4.78, 5) is 23.6. The second-order valence-electron chi connectivity index (χ2n) is 4.57. The number of benzene rings is 2. The summed E-state index contributed by atoms with van der Waals surface area (Å²) in [7, 11) is 1.26. The SMILES string of the molecule is COC(=O)c1ccccc1OCC(=O)Nc1cc(Cl)c(Cl)cc1Cl. The van der Waals surface area contributed by atoms with Gasteiger partial charge in [0.05, 0.1) is 27.9 Å². The summed E-state index contributed by atoms with van der Waals surface area (Å²) in [6, 6.07) is 9.30. The number of ether oxygens (including phenoxy) is 2. The van der Waals surface area contributed by atoms with Crippen LogP contribution in [-0.4, -0.2) is 25.6 Å². The van der Waals surface area contributed by atoms with Gasteiger partial charge in [-0.25, -0.2) is 4.79 Å². The lowest BCUT2D eigenvalue weighted by Crippen LogP contribution is -2.21. The molecule has 2 aromatic rings. The number of hydrogen-bond acceptors (Lipinski definition) is 4. The lowest BCUT2D eigenvalue weighted by atomic mass is 10.2. The van der Waals surface area contributed by atoms with E-state index in [2.05, 4.69) is 10.1 Å². The van der Waals surface area contributed by atoms with Gasteiger partial charge in [-0.3, -0.25) is 4.79 Å². The molecule has 24 heavy (non-hydrogen) atoms. The Balaban J connectivity index is 2.05. The van der Waals surface area contributed by atoms with E-state index < -0.39 is 11.9 Å². The lowest BCUT2D eigenvalue weighted by molar-refractivity contribution is -0.118. The summed E-state index contributed by atoms with van der Waals surface area (Å²) in [5.41, 5.74) is 0.529. The number of methoxy groups -OCH3 is 1. The van der Waals surface area contributed by atoms with Crippen LogP contribution in [0.1, 0.15) is 10.4 Å². The zero-order chi connectivity index (χ0) is 17.7. The van der Waals surface area contributed by atoms with Crippen molar-refractivity contribution in [3.05, 3.63) is 57.0 Å². The van der Waals surface area contributed by atoms with Gasteiger partial charge in [0.1, 0.15) is 11.3 Å². The number of amides is 1. The minimum atomic E-state index is -0.557. The summed E-state index contributed by atoms with van der Waals surface area (Å²) in [6.45, 7) is -0.329. The van der Waals surface area contributed by atoms with Crippen LogP contribution in [-0.2, 0) is 9.53 Å². The van der Waals surface area contributed by atoms with Gasteiger partial charge in [0.2, 0.25) is 0 Å². The second kappa shape index (κ2) is 8.24. The third-order valence-electron chi connectivity index (χ3n) is 2.94. The number of hydrogen-bond donors (Lipinski definition) is 1. The first-order valence-electron chi connectivity index (χ1n) is 6.67. The van der Waals surface area contributed by atoms with Gasteiger partial charge in [-0.1, -0.05) is 46.9 Å². The molecule has 0 aromatic heterocycles. The molecule has 0 aliphatic carbocycles. The number of para-hydroxylation sites is 1. The molecule has 0 saturated heterocycles. The van der Waals surface area contributed by atoms with Gasteiger partial charge in [-0.05, 0) is 24.3 Å². The van der Waals surface area contributed by atoms with Crippen LogP contribution in [0.3, 0.4) is 0 Å². The van der Waals surface area contributed by atoms with Gasteiger partial charge in [0, 0.05) is 0 Å². The molecule has 126 valence electrons. The molecule has 0 aliphatic rings. The molecule has 0 radical (unpaired) electrons. The van der Waals surface area contributed by atoms with Crippen LogP contribution in [0.5, 0.6) is 5.75 Å². The highest BCUT2D eigenvalue weighted by atomic mass is 35.5. The Morgan fingerprint density at radius 2 is 1.71 bits per heavy atom. The first-order valence-corrected chi connectivity index (χ1v) is 7.80. The molecule has 5 nitrogen and oxygen atoms in total. The molecule has 0 heterocycles. The number of carbonyl (C=O) groups is 2. The van der Waals surface area contributed by atoms with Gasteiger partial charge in [-0.15, -0.1) is 0 Å². The maximum Gasteiger partial charge on any atom is 0.341 e. The quantitative estimate of drug-likeness (QED) is 0.607. The molecule has 0 saturated carbocycles. The van der Waals surface area contributed by atoms with Crippen LogP contribution in [0.15, 0.2) is 36.4 Å². The van der Waals surface area contributed by atoms with Crippen molar-refractivity contribution < 1.29 is 19.1 Å². The van der Waals surface area contributed by atoms with Crippen LogP contribution in [0.2, 0.25) is 15.1 Å². The predicted molar refractivity (Wildman–Crippen MR) is 93.4 cm³/mol. The van der Waals surface area contributed by atoms with Gasteiger partial charge in [0.25, 0.3) is 5.91 Å². The Kier molecular flexibility index (Phi) is 6.31. The normalized spacial score (nSPS) is 10.2. The third-order valence-corrected chi connectivity index (χ3v) is 3.97. The fourth-order valence-corrected chi connectivity index (χ4v) is 2.41. The lowest BCUT2D eigenvalue weighted by Gasteiger charge is -2.11. The third kappa shape index (κ3) is 4.54. The summed E-state index contributed by atoms with van der Waals surface area (Å²) in [5.74, 6) is -0.798. The zero-order valence-electron chi connectivity index (χ0n) is 12.4. The van der Waals surface area contributed by atoms with E-state index in [1.54, 1.807) is 18.2 Å². The summed E-state index contributed by atoms with van der Waals surface area (Å²) >= 11 is 17.7. The summed E-state index contributed by atoms with van der Waals surface area (Å²) in [6.07, 6.45) is 0. The molecular formula is C16H12Cl3NO4. The maximum absolute atomic E-state index is 12.0. The minimum Gasteiger partial charge on any atom is -0.483 e. The van der Waals surface area contributed by atoms with Crippen molar-refractivity contribution in [2.75, 3.05) is 19.0 Å². The van der Waals surface area contributed by atoms with E-state index in [4.69, 9.17) is 39.5 Å². The highest BCUT2D eigenvalue weighted by molar-refractivity contribution is 6.44. The largest absolute Gasteiger partial charge is 0.483 e. The number of nitrogens with one attached hydrogen (secondary N) is 1. The first-order chi connectivity index (χ1) is 11.4. The van der Waals surface area contributed by atoms with E-state index in [0.717, 1.165) is 0 Å². The fourth-order valence-electron chi connectivity index (χ4n) is 1.82. The number of carbonyl (C=O) groups excluding carboxylic acids is 2. The molecule has 0 bridgehead atoms. The van der Waals surface area contributed by atoms with Crippen molar-refractivity contribution >= 4 is 52.4 Å². The van der Waals surface area contributed by atoms with Crippen molar-refractivity contribution in [2.45, 2.75) is 0 Å². The highest BCUT2D eigenvalue weighted by Crippen LogP contribution is 2.32. The molecule has 0 unspecified atom stereocenters. The van der Waals surface area contributed by atoms with Crippen molar-refractivity contribution in [2.24, 2.45) is 0 Å². The number of anilines is 1. The molecule has 0 aliphatic heterocycles. The molecule has 1 N–H and O–H groups in total. The van der Waals surface area contributed by atoms with Crippen molar-refractivity contribution in [1.82, 2.24) is 0 Å². The van der Waals surface area contributed by atoms with Crippen LogP contribution in [0.25, 0.3) is 0 Å².